The average molecular weight is 362 g/mol. The second kappa shape index (κ2) is 7.27. The summed E-state index contributed by atoms with van der Waals surface area (Å²) < 4.78 is 31.3. The van der Waals surface area contributed by atoms with Crippen LogP contribution in [0.1, 0.15) is 6.92 Å². The number of para-hydroxylation sites is 3. The zero-order chi connectivity index (χ0) is 17.0. The molecule has 0 fully saturated rings. The fraction of sp³-hybridized carbons (Fsp3) is 0.235. The van der Waals surface area contributed by atoms with Crippen molar-refractivity contribution in [2.45, 2.75) is 18.6 Å². The highest BCUT2D eigenvalue weighted by molar-refractivity contribution is 8.00. The Morgan fingerprint density at radius 1 is 1.08 bits per heavy atom. The predicted octanol–water partition coefficient (Wildman–Crippen LogP) is 3.56. The van der Waals surface area contributed by atoms with Crippen LogP contribution in [-0.2, 0) is 16.7 Å². The minimum Gasteiger partial charge on any atom is -0.382 e. The molecule has 1 aromatic heterocycles. The van der Waals surface area contributed by atoms with Gasteiger partial charge in [-0.1, -0.05) is 42.1 Å². The zero-order valence-electron chi connectivity index (χ0n) is 13.3. The van der Waals surface area contributed by atoms with Crippen molar-refractivity contribution in [2.75, 3.05) is 11.5 Å². The number of aryl methyl sites for hydroxylation is 1. The van der Waals surface area contributed by atoms with Crippen LogP contribution >= 0.6 is 11.8 Å². The van der Waals surface area contributed by atoms with Gasteiger partial charge in [0.25, 0.3) is 0 Å². The van der Waals surface area contributed by atoms with Gasteiger partial charge in [0.2, 0.25) is 0 Å². The number of nitrogens with zero attached hydrogens (tertiary/aromatic N) is 2. The van der Waals surface area contributed by atoms with Crippen molar-refractivity contribution in [2.24, 2.45) is 0 Å². The molecule has 1 heterocycles. The molecule has 0 amide bonds. The summed E-state index contributed by atoms with van der Waals surface area (Å²) in [4.78, 5) is 4.58. The normalized spacial score (nSPS) is 11.7. The van der Waals surface area contributed by atoms with E-state index in [0.29, 0.717) is 11.5 Å². The Morgan fingerprint density at radius 3 is 2.54 bits per heavy atom. The molecule has 0 unspecified atom stereocenters. The van der Waals surface area contributed by atoms with Crippen molar-refractivity contribution in [1.29, 1.82) is 0 Å². The van der Waals surface area contributed by atoms with E-state index in [0.717, 1.165) is 22.7 Å². The Balaban J connectivity index is 1.66. The van der Waals surface area contributed by atoms with Crippen molar-refractivity contribution < 1.29 is 12.6 Å². The van der Waals surface area contributed by atoms with Crippen molar-refractivity contribution in [3.05, 3.63) is 54.6 Å². The fourth-order valence-electron chi connectivity index (χ4n) is 2.37. The third-order valence-electron chi connectivity index (χ3n) is 3.47. The lowest BCUT2D eigenvalue weighted by Crippen LogP contribution is -2.15. The molecule has 3 rings (SSSR count). The molecule has 0 radical (unpaired) electrons. The van der Waals surface area contributed by atoms with Gasteiger partial charge in [-0.15, -0.1) is 0 Å². The molecule has 0 spiro atoms. The maximum absolute atomic E-state index is 12.1. The summed E-state index contributed by atoms with van der Waals surface area (Å²) in [5.41, 5.74) is 1.98. The monoisotopic (exact) mass is 362 g/mol. The molecular weight excluding hydrogens is 344 g/mol. The molecule has 3 aromatic rings. The largest absolute Gasteiger partial charge is 0.382 e. The van der Waals surface area contributed by atoms with Crippen LogP contribution in [0.15, 0.2) is 59.8 Å². The minimum atomic E-state index is -3.61. The molecule has 0 aliphatic carbocycles. The first-order valence-electron chi connectivity index (χ1n) is 7.64. The minimum absolute atomic E-state index is 0.0700. The van der Waals surface area contributed by atoms with Gasteiger partial charge in [0.15, 0.2) is 5.16 Å². The summed E-state index contributed by atoms with van der Waals surface area (Å²) in [6.07, 6.45) is 0. The maximum Gasteiger partial charge on any atom is 0.310 e. The van der Waals surface area contributed by atoms with Gasteiger partial charge >= 0.3 is 10.1 Å². The zero-order valence-corrected chi connectivity index (χ0v) is 14.9. The third kappa shape index (κ3) is 3.91. The van der Waals surface area contributed by atoms with E-state index in [1.807, 2.05) is 37.3 Å². The first-order valence-corrected chi connectivity index (χ1v) is 10.2. The van der Waals surface area contributed by atoms with E-state index >= 15 is 0 Å². The number of thioether (sulfide) groups is 1. The Morgan fingerprint density at radius 2 is 1.79 bits per heavy atom. The van der Waals surface area contributed by atoms with E-state index in [1.165, 1.54) is 11.8 Å². The molecule has 0 saturated heterocycles. The van der Waals surface area contributed by atoms with Gasteiger partial charge in [0.1, 0.15) is 5.75 Å². The predicted molar refractivity (Wildman–Crippen MR) is 97.0 cm³/mol. The Labute approximate surface area is 145 Å². The lowest BCUT2D eigenvalue weighted by atomic mass is 10.3. The van der Waals surface area contributed by atoms with E-state index in [4.69, 9.17) is 4.18 Å². The van der Waals surface area contributed by atoms with Gasteiger partial charge in [-0.2, -0.15) is 8.42 Å². The Hall–Kier alpha value is -1.99. The number of fused-ring (bicyclic) bond motifs is 1. The van der Waals surface area contributed by atoms with Crippen molar-refractivity contribution in [1.82, 2.24) is 9.55 Å². The molecule has 0 N–H and O–H groups in total. The van der Waals surface area contributed by atoms with Crippen LogP contribution in [0.5, 0.6) is 5.75 Å². The number of aromatic nitrogens is 2. The molecule has 24 heavy (non-hydrogen) atoms. The molecule has 5 nitrogen and oxygen atoms in total. The molecule has 0 atom stereocenters. The topological polar surface area (TPSA) is 61.2 Å². The molecule has 126 valence electrons. The van der Waals surface area contributed by atoms with Crippen LogP contribution in [0, 0.1) is 0 Å². The highest BCUT2D eigenvalue weighted by Crippen LogP contribution is 2.24. The van der Waals surface area contributed by atoms with Crippen molar-refractivity contribution >= 4 is 32.9 Å². The van der Waals surface area contributed by atoms with Gasteiger partial charge in [0.05, 0.1) is 16.8 Å². The summed E-state index contributed by atoms with van der Waals surface area (Å²) in [6, 6.07) is 16.4. The van der Waals surface area contributed by atoms with Crippen LogP contribution in [0.4, 0.5) is 0 Å². The molecule has 2 aromatic carbocycles. The van der Waals surface area contributed by atoms with E-state index < -0.39 is 10.1 Å². The summed E-state index contributed by atoms with van der Waals surface area (Å²) in [5.74, 6) is 0.654. The van der Waals surface area contributed by atoms with Crippen LogP contribution < -0.4 is 4.18 Å². The van der Waals surface area contributed by atoms with Gasteiger partial charge in [-0.05, 0) is 31.2 Å². The molecule has 0 saturated carbocycles. The lowest BCUT2D eigenvalue weighted by Gasteiger charge is -2.07. The number of hydrogen-bond donors (Lipinski definition) is 0. The van der Waals surface area contributed by atoms with Crippen molar-refractivity contribution in [3.8, 4) is 5.75 Å². The number of imidazole rings is 1. The second-order valence-electron chi connectivity index (χ2n) is 5.13. The Kier molecular flexibility index (Phi) is 5.11. The second-order valence-corrected chi connectivity index (χ2v) is 7.89. The first-order chi connectivity index (χ1) is 11.6. The summed E-state index contributed by atoms with van der Waals surface area (Å²) in [6.45, 7) is 2.84. The van der Waals surface area contributed by atoms with Crippen LogP contribution in [0.25, 0.3) is 11.0 Å². The third-order valence-corrected chi connectivity index (χ3v) is 5.85. The van der Waals surface area contributed by atoms with Crippen LogP contribution in [-0.4, -0.2) is 29.5 Å². The summed E-state index contributed by atoms with van der Waals surface area (Å²) in [7, 11) is -3.61. The lowest BCUT2D eigenvalue weighted by molar-refractivity contribution is 0.488. The number of hydrogen-bond acceptors (Lipinski definition) is 5. The van der Waals surface area contributed by atoms with Crippen LogP contribution in [0.3, 0.4) is 0 Å². The smallest absolute Gasteiger partial charge is 0.310 e. The number of rotatable bonds is 7. The molecule has 0 aliphatic heterocycles. The van der Waals surface area contributed by atoms with Gasteiger partial charge < -0.3 is 8.75 Å². The number of benzene rings is 2. The van der Waals surface area contributed by atoms with E-state index in [9.17, 15) is 8.42 Å². The maximum atomic E-state index is 12.1. The van der Waals surface area contributed by atoms with Crippen LogP contribution in [0.2, 0.25) is 0 Å². The molecule has 7 heteroatoms. The fourth-order valence-corrected chi connectivity index (χ4v) is 4.73. The van der Waals surface area contributed by atoms with Crippen molar-refractivity contribution in [3.63, 3.8) is 0 Å². The summed E-state index contributed by atoms with van der Waals surface area (Å²) in [5, 5.41) is 0.827. The van der Waals surface area contributed by atoms with Gasteiger partial charge in [-0.25, -0.2) is 4.98 Å². The highest BCUT2D eigenvalue weighted by Gasteiger charge is 2.15. The molecule has 0 aliphatic rings. The van der Waals surface area contributed by atoms with E-state index in [1.54, 1.807) is 24.3 Å². The quantitative estimate of drug-likeness (QED) is 0.475. The standard InChI is InChI=1S/C17H18N2O3S2/c1-2-19-16-11-7-6-10-15(16)18-17(19)23-12-13-24(20,21)22-14-8-4-3-5-9-14/h3-11H,2,12-13H2,1H3. The van der Waals surface area contributed by atoms with E-state index in [-0.39, 0.29) is 5.75 Å². The SMILES string of the molecule is CCn1c(SCCS(=O)(=O)Oc2ccccc2)nc2ccccc21. The van der Waals surface area contributed by atoms with Gasteiger partial charge in [-0.3, -0.25) is 0 Å². The van der Waals surface area contributed by atoms with Gasteiger partial charge in [0, 0.05) is 12.3 Å². The Bertz CT molecular complexity index is 921. The van der Waals surface area contributed by atoms with E-state index in [2.05, 4.69) is 9.55 Å². The summed E-state index contributed by atoms with van der Waals surface area (Å²) >= 11 is 1.43. The first kappa shape index (κ1) is 16.9. The average Bonchev–Trinajstić information content (AvgIpc) is 2.92. The molecule has 0 bridgehead atoms. The molecular formula is C17H18N2O3S2. The highest BCUT2D eigenvalue weighted by atomic mass is 32.2.